The first kappa shape index (κ1) is 18.4. The van der Waals surface area contributed by atoms with Crippen LogP contribution < -0.4 is 20.9 Å². The molecule has 4 N–H and O–H groups in total. The van der Waals surface area contributed by atoms with E-state index in [1.165, 1.54) is 7.05 Å². The summed E-state index contributed by atoms with van der Waals surface area (Å²) >= 11 is 0. The maximum atomic E-state index is 11.7. The molecule has 1 aliphatic heterocycles. The fourth-order valence-corrected chi connectivity index (χ4v) is 3.25. The molecule has 9 heteroatoms. The van der Waals surface area contributed by atoms with Crippen LogP contribution in [0.15, 0.2) is 54.6 Å². The summed E-state index contributed by atoms with van der Waals surface area (Å²) in [6.07, 6.45) is 0. The lowest BCUT2D eigenvalue weighted by Gasteiger charge is -2.19. The molecule has 0 fully saturated rings. The summed E-state index contributed by atoms with van der Waals surface area (Å²) in [6, 6.07) is 16.1. The number of rotatable bonds is 5. The lowest BCUT2D eigenvalue weighted by Crippen LogP contribution is -2.24. The molecule has 0 atom stereocenters. The molecule has 2 amide bonds. The van der Waals surface area contributed by atoms with Crippen LogP contribution in [0, 0.1) is 0 Å². The molecule has 9 nitrogen and oxygen atoms in total. The van der Waals surface area contributed by atoms with Gasteiger partial charge in [-0.05, 0) is 30.3 Å². The van der Waals surface area contributed by atoms with Crippen LogP contribution in [-0.4, -0.2) is 40.5 Å². The number of amides is 2. The zero-order valence-corrected chi connectivity index (χ0v) is 15.7. The van der Waals surface area contributed by atoms with Crippen LogP contribution in [0.2, 0.25) is 0 Å². The van der Waals surface area contributed by atoms with Crippen LogP contribution in [0.25, 0.3) is 0 Å². The number of benzene rings is 2. The number of urea groups is 1. The second-order valence-electron chi connectivity index (χ2n) is 6.53. The SMILES string of the molecule is CNC(=O)Nc1cc2n(n1)CCN2c1cc(Nc2ccccc2)cc(C(=O)O)c1. The molecule has 0 bridgehead atoms. The van der Waals surface area contributed by atoms with E-state index in [9.17, 15) is 14.7 Å². The van der Waals surface area contributed by atoms with Crippen molar-refractivity contribution in [1.82, 2.24) is 15.1 Å². The number of hydrogen-bond acceptors (Lipinski definition) is 5. The van der Waals surface area contributed by atoms with Crippen molar-refractivity contribution in [2.75, 3.05) is 29.1 Å². The molecule has 2 heterocycles. The van der Waals surface area contributed by atoms with Crippen LogP contribution in [-0.2, 0) is 6.54 Å². The summed E-state index contributed by atoms with van der Waals surface area (Å²) in [5, 5.41) is 22.3. The van der Waals surface area contributed by atoms with Crippen molar-refractivity contribution in [3.05, 3.63) is 60.2 Å². The lowest BCUT2D eigenvalue weighted by molar-refractivity contribution is 0.0697. The third-order valence-electron chi connectivity index (χ3n) is 4.58. The second-order valence-corrected chi connectivity index (χ2v) is 6.53. The topological polar surface area (TPSA) is 112 Å². The number of nitrogens with zero attached hydrogens (tertiary/aromatic N) is 3. The summed E-state index contributed by atoms with van der Waals surface area (Å²) in [6.45, 7) is 1.28. The molecule has 0 saturated heterocycles. The number of carbonyl (C=O) groups is 2. The van der Waals surface area contributed by atoms with Gasteiger partial charge in [0.2, 0.25) is 0 Å². The second kappa shape index (κ2) is 7.55. The highest BCUT2D eigenvalue weighted by molar-refractivity contribution is 5.92. The fourth-order valence-electron chi connectivity index (χ4n) is 3.25. The zero-order valence-electron chi connectivity index (χ0n) is 15.7. The molecule has 0 aliphatic carbocycles. The van der Waals surface area contributed by atoms with Gasteiger partial charge < -0.3 is 20.6 Å². The summed E-state index contributed by atoms with van der Waals surface area (Å²) in [7, 11) is 1.53. The maximum absolute atomic E-state index is 11.7. The van der Waals surface area contributed by atoms with Gasteiger partial charge in [-0.1, -0.05) is 18.2 Å². The Morgan fingerprint density at radius 1 is 1.03 bits per heavy atom. The number of nitrogens with one attached hydrogen (secondary N) is 3. The van der Waals surface area contributed by atoms with Crippen LogP contribution >= 0.6 is 0 Å². The van der Waals surface area contributed by atoms with Crippen molar-refractivity contribution >= 4 is 40.7 Å². The maximum Gasteiger partial charge on any atom is 0.335 e. The van der Waals surface area contributed by atoms with Gasteiger partial charge in [0.15, 0.2) is 5.82 Å². The standard InChI is InChI=1S/C20H20N6O3/c1-21-20(29)23-17-12-18-25(7-8-26(18)24-17)16-10-13(19(27)28)9-15(11-16)22-14-5-3-2-4-6-14/h2-6,9-12,22H,7-8H2,1H3,(H,27,28)(H2,21,23,24,29). The summed E-state index contributed by atoms with van der Waals surface area (Å²) < 4.78 is 1.78. The number of carbonyl (C=O) groups excluding carboxylic acids is 1. The molecule has 0 spiro atoms. The van der Waals surface area contributed by atoms with E-state index in [2.05, 4.69) is 21.0 Å². The van der Waals surface area contributed by atoms with Gasteiger partial charge in [-0.2, -0.15) is 5.10 Å². The first-order chi connectivity index (χ1) is 14.0. The first-order valence-corrected chi connectivity index (χ1v) is 9.08. The van der Waals surface area contributed by atoms with Crippen LogP contribution in [0.4, 0.5) is 33.5 Å². The number of aromatic nitrogens is 2. The van der Waals surface area contributed by atoms with Crippen LogP contribution in [0.5, 0.6) is 0 Å². The van der Waals surface area contributed by atoms with E-state index < -0.39 is 5.97 Å². The molecular formula is C20H20N6O3. The molecule has 4 rings (SSSR count). The average molecular weight is 392 g/mol. The molecule has 1 aromatic heterocycles. The predicted molar refractivity (Wildman–Crippen MR) is 110 cm³/mol. The summed E-state index contributed by atoms with van der Waals surface area (Å²) in [5.41, 5.74) is 2.45. The Labute approximate surface area is 166 Å². The lowest BCUT2D eigenvalue weighted by atomic mass is 10.1. The average Bonchev–Trinajstić information content (AvgIpc) is 3.28. The molecule has 148 valence electrons. The Hall–Kier alpha value is -4.01. The minimum absolute atomic E-state index is 0.183. The fraction of sp³-hybridized carbons (Fsp3) is 0.150. The van der Waals surface area contributed by atoms with E-state index in [4.69, 9.17) is 0 Å². The van der Waals surface area contributed by atoms with Gasteiger partial charge in [0.05, 0.1) is 12.1 Å². The third-order valence-corrected chi connectivity index (χ3v) is 4.58. The molecule has 2 aromatic carbocycles. The minimum atomic E-state index is -1.00. The first-order valence-electron chi connectivity index (χ1n) is 9.08. The number of hydrogen-bond donors (Lipinski definition) is 4. The number of carboxylic acids is 1. The van der Waals surface area contributed by atoms with E-state index in [1.54, 1.807) is 22.9 Å². The largest absolute Gasteiger partial charge is 0.478 e. The van der Waals surface area contributed by atoms with Gasteiger partial charge in [0, 0.05) is 36.7 Å². The predicted octanol–water partition coefficient (Wildman–Crippen LogP) is 3.23. The Bertz CT molecular complexity index is 1060. The quantitative estimate of drug-likeness (QED) is 0.530. The van der Waals surface area contributed by atoms with Crippen molar-refractivity contribution in [2.24, 2.45) is 0 Å². The van der Waals surface area contributed by atoms with Gasteiger partial charge in [0.1, 0.15) is 5.82 Å². The third kappa shape index (κ3) is 3.84. The molecule has 3 aromatic rings. The van der Waals surface area contributed by atoms with Gasteiger partial charge in [0.25, 0.3) is 0 Å². The van der Waals surface area contributed by atoms with Gasteiger partial charge >= 0.3 is 12.0 Å². The van der Waals surface area contributed by atoms with E-state index in [1.807, 2.05) is 41.3 Å². The number of anilines is 5. The Morgan fingerprint density at radius 2 is 1.83 bits per heavy atom. The van der Waals surface area contributed by atoms with E-state index >= 15 is 0 Å². The van der Waals surface area contributed by atoms with Gasteiger partial charge in [-0.3, -0.25) is 5.32 Å². The van der Waals surface area contributed by atoms with E-state index in [0.29, 0.717) is 24.6 Å². The van der Waals surface area contributed by atoms with E-state index in [0.717, 1.165) is 17.2 Å². The molecule has 0 unspecified atom stereocenters. The monoisotopic (exact) mass is 392 g/mol. The van der Waals surface area contributed by atoms with Crippen molar-refractivity contribution in [3.63, 3.8) is 0 Å². The minimum Gasteiger partial charge on any atom is -0.478 e. The smallest absolute Gasteiger partial charge is 0.335 e. The number of carboxylic acid groups (broad SMARTS) is 1. The number of aromatic carboxylic acids is 1. The summed E-state index contributed by atoms with van der Waals surface area (Å²) in [4.78, 5) is 25.2. The highest BCUT2D eigenvalue weighted by Gasteiger charge is 2.24. The van der Waals surface area contributed by atoms with Crippen LogP contribution in [0.1, 0.15) is 10.4 Å². The normalized spacial score (nSPS) is 12.4. The van der Waals surface area contributed by atoms with Crippen molar-refractivity contribution in [1.29, 1.82) is 0 Å². The molecular weight excluding hydrogens is 372 g/mol. The Balaban J connectivity index is 1.67. The molecule has 29 heavy (non-hydrogen) atoms. The van der Waals surface area contributed by atoms with Gasteiger partial charge in [-0.15, -0.1) is 0 Å². The zero-order chi connectivity index (χ0) is 20.4. The molecule has 1 aliphatic rings. The van der Waals surface area contributed by atoms with Gasteiger partial charge in [-0.25, -0.2) is 14.3 Å². The van der Waals surface area contributed by atoms with Crippen LogP contribution in [0.3, 0.4) is 0 Å². The highest BCUT2D eigenvalue weighted by Crippen LogP contribution is 2.34. The highest BCUT2D eigenvalue weighted by atomic mass is 16.4. The van der Waals surface area contributed by atoms with Crippen molar-refractivity contribution in [2.45, 2.75) is 6.54 Å². The number of para-hydroxylation sites is 1. The number of fused-ring (bicyclic) bond motifs is 1. The van der Waals surface area contributed by atoms with Crippen molar-refractivity contribution < 1.29 is 14.7 Å². The summed E-state index contributed by atoms with van der Waals surface area (Å²) in [5.74, 6) is 0.211. The Kier molecular flexibility index (Phi) is 4.78. The molecule has 0 saturated carbocycles. The van der Waals surface area contributed by atoms with Crippen molar-refractivity contribution in [3.8, 4) is 0 Å². The molecule has 0 radical (unpaired) electrons. The van der Waals surface area contributed by atoms with E-state index in [-0.39, 0.29) is 11.6 Å². The Morgan fingerprint density at radius 3 is 2.55 bits per heavy atom.